The zero-order valence-corrected chi connectivity index (χ0v) is 13.5. The van der Waals surface area contributed by atoms with E-state index < -0.39 is 5.97 Å². The number of hydrogen-bond acceptors (Lipinski definition) is 3. The Kier molecular flexibility index (Phi) is 4.98. The zero-order valence-electron chi connectivity index (χ0n) is 11.1. The number of carboxylic acids is 1. The monoisotopic (exact) mass is 368 g/mol. The molecule has 0 fully saturated rings. The van der Waals surface area contributed by atoms with Gasteiger partial charge in [-0.15, -0.1) is 11.3 Å². The second-order valence-electron chi connectivity index (χ2n) is 4.32. The third-order valence-corrected chi connectivity index (χ3v) is 4.34. The molecule has 3 N–H and O–H groups in total. The first-order chi connectivity index (χ1) is 9.95. The van der Waals surface area contributed by atoms with Crippen molar-refractivity contribution in [2.45, 2.75) is 13.5 Å². The van der Waals surface area contributed by atoms with Crippen molar-refractivity contribution in [2.24, 2.45) is 0 Å². The van der Waals surface area contributed by atoms with Crippen molar-refractivity contribution >= 4 is 45.0 Å². The largest absolute Gasteiger partial charge is 0.478 e. The van der Waals surface area contributed by atoms with Crippen LogP contribution in [-0.4, -0.2) is 17.1 Å². The Hall–Kier alpha value is -1.86. The van der Waals surface area contributed by atoms with Gasteiger partial charge in [-0.3, -0.25) is 0 Å². The quantitative estimate of drug-likeness (QED) is 0.766. The maximum absolute atomic E-state index is 11.8. The predicted octanol–water partition coefficient (Wildman–Crippen LogP) is 3.84. The van der Waals surface area contributed by atoms with E-state index in [-0.39, 0.29) is 11.6 Å². The van der Waals surface area contributed by atoms with Crippen molar-refractivity contribution in [2.75, 3.05) is 5.32 Å². The second-order valence-corrected chi connectivity index (χ2v) is 6.55. The Balaban J connectivity index is 1.94. The Morgan fingerprint density at radius 1 is 1.29 bits per heavy atom. The molecule has 0 saturated heterocycles. The molecule has 5 nitrogen and oxygen atoms in total. The number of hydrogen-bond donors (Lipinski definition) is 3. The lowest BCUT2D eigenvalue weighted by Crippen LogP contribution is -2.28. The zero-order chi connectivity index (χ0) is 15.4. The molecule has 0 aliphatic rings. The molecule has 0 atom stereocenters. The van der Waals surface area contributed by atoms with E-state index in [9.17, 15) is 9.59 Å². The molecule has 0 aliphatic carbocycles. The third kappa shape index (κ3) is 4.30. The molecule has 0 spiro atoms. The number of benzene rings is 1. The number of carboxylic acid groups (broad SMARTS) is 1. The average Bonchev–Trinajstić information content (AvgIpc) is 2.84. The van der Waals surface area contributed by atoms with Crippen LogP contribution in [0.25, 0.3) is 0 Å². The van der Waals surface area contributed by atoms with Gasteiger partial charge in [0.25, 0.3) is 0 Å². The lowest BCUT2D eigenvalue weighted by atomic mass is 10.2. The van der Waals surface area contributed by atoms with Crippen LogP contribution in [0.1, 0.15) is 20.1 Å². The van der Waals surface area contributed by atoms with Crippen LogP contribution < -0.4 is 10.6 Å². The van der Waals surface area contributed by atoms with E-state index in [2.05, 4.69) is 26.6 Å². The molecule has 7 heteroatoms. The van der Waals surface area contributed by atoms with Crippen molar-refractivity contribution in [3.8, 4) is 0 Å². The molecule has 1 aromatic carbocycles. The number of aromatic carboxylic acids is 1. The maximum atomic E-state index is 11.8. The van der Waals surface area contributed by atoms with Crippen LogP contribution >= 0.6 is 27.3 Å². The van der Waals surface area contributed by atoms with Crippen LogP contribution in [0.15, 0.2) is 34.8 Å². The van der Waals surface area contributed by atoms with E-state index in [4.69, 9.17) is 5.11 Å². The smallest absolute Gasteiger partial charge is 0.335 e. The molecule has 21 heavy (non-hydrogen) atoms. The lowest BCUT2D eigenvalue weighted by molar-refractivity contribution is 0.0697. The summed E-state index contributed by atoms with van der Waals surface area (Å²) in [7, 11) is 0. The number of anilines is 1. The van der Waals surface area contributed by atoms with Gasteiger partial charge < -0.3 is 15.7 Å². The summed E-state index contributed by atoms with van der Waals surface area (Å²) in [6.07, 6.45) is 0. The number of nitrogens with one attached hydrogen (secondary N) is 2. The first-order valence-corrected chi connectivity index (χ1v) is 7.69. The van der Waals surface area contributed by atoms with E-state index in [1.807, 2.05) is 19.1 Å². The molecule has 0 aliphatic heterocycles. The Labute approximate surface area is 134 Å². The van der Waals surface area contributed by atoms with Crippen molar-refractivity contribution in [1.82, 2.24) is 5.32 Å². The highest BCUT2D eigenvalue weighted by Gasteiger charge is 2.09. The first-order valence-electron chi connectivity index (χ1n) is 6.08. The molecular formula is C14H13BrN2O3S. The summed E-state index contributed by atoms with van der Waals surface area (Å²) in [6.45, 7) is 2.46. The van der Waals surface area contributed by atoms with Crippen LogP contribution in [0.3, 0.4) is 0 Å². The van der Waals surface area contributed by atoms with Gasteiger partial charge in [-0.2, -0.15) is 0 Å². The van der Waals surface area contributed by atoms with Crippen molar-refractivity contribution < 1.29 is 14.7 Å². The van der Waals surface area contributed by atoms with Gasteiger partial charge >= 0.3 is 12.0 Å². The number of aryl methyl sites for hydroxylation is 1. The van der Waals surface area contributed by atoms with E-state index in [0.29, 0.717) is 16.7 Å². The van der Waals surface area contributed by atoms with Gasteiger partial charge in [0.2, 0.25) is 0 Å². The minimum atomic E-state index is -1.01. The SMILES string of the molecule is Cc1ccc(CNC(=O)Nc2ccc(C(=O)O)cc2Br)s1. The van der Waals surface area contributed by atoms with E-state index >= 15 is 0 Å². The molecule has 0 radical (unpaired) electrons. The Bertz CT molecular complexity index is 685. The van der Waals surface area contributed by atoms with Crippen LogP contribution in [0.5, 0.6) is 0 Å². The van der Waals surface area contributed by atoms with Crippen LogP contribution in [-0.2, 0) is 6.54 Å². The molecule has 2 amide bonds. The highest BCUT2D eigenvalue weighted by Crippen LogP contribution is 2.23. The summed E-state index contributed by atoms with van der Waals surface area (Å²) in [6, 6.07) is 8.05. The molecule has 1 aromatic heterocycles. The summed E-state index contributed by atoms with van der Waals surface area (Å²) < 4.78 is 0.518. The number of thiophene rings is 1. The molecular weight excluding hydrogens is 356 g/mol. The first kappa shape index (κ1) is 15.5. The van der Waals surface area contributed by atoms with E-state index in [1.54, 1.807) is 17.4 Å². The van der Waals surface area contributed by atoms with Gasteiger partial charge in [-0.1, -0.05) is 0 Å². The molecule has 110 valence electrons. The number of rotatable bonds is 4. The molecule has 0 bridgehead atoms. The van der Waals surface area contributed by atoms with Crippen molar-refractivity contribution in [3.05, 3.63) is 50.1 Å². The summed E-state index contributed by atoms with van der Waals surface area (Å²) in [5, 5.41) is 14.3. The molecule has 1 heterocycles. The standard InChI is InChI=1S/C14H13BrN2O3S/c1-8-2-4-10(21-8)7-16-14(20)17-12-5-3-9(13(18)19)6-11(12)15/h2-6H,7H2,1H3,(H,18,19)(H2,16,17,20). The van der Waals surface area contributed by atoms with Gasteiger partial charge in [0.1, 0.15) is 0 Å². The fourth-order valence-corrected chi connectivity index (χ4v) is 2.97. The summed E-state index contributed by atoms with van der Waals surface area (Å²) in [4.78, 5) is 24.9. The molecule has 0 unspecified atom stereocenters. The fourth-order valence-electron chi connectivity index (χ4n) is 1.66. The van der Waals surface area contributed by atoms with E-state index in [1.165, 1.54) is 17.0 Å². The van der Waals surface area contributed by atoms with Crippen LogP contribution in [0.4, 0.5) is 10.5 Å². The van der Waals surface area contributed by atoms with Crippen LogP contribution in [0.2, 0.25) is 0 Å². The Morgan fingerprint density at radius 2 is 2.05 bits per heavy atom. The predicted molar refractivity (Wildman–Crippen MR) is 86.0 cm³/mol. The number of halogens is 1. The Morgan fingerprint density at radius 3 is 2.62 bits per heavy atom. The number of carbonyl (C=O) groups is 2. The number of amides is 2. The number of urea groups is 1. The minimum Gasteiger partial charge on any atom is -0.478 e. The molecule has 2 rings (SSSR count). The van der Waals surface area contributed by atoms with Gasteiger partial charge in [0, 0.05) is 14.2 Å². The maximum Gasteiger partial charge on any atom is 0.335 e. The topological polar surface area (TPSA) is 78.4 Å². The number of carbonyl (C=O) groups excluding carboxylic acids is 1. The lowest BCUT2D eigenvalue weighted by Gasteiger charge is -2.09. The summed E-state index contributed by atoms with van der Waals surface area (Å²) in [5.41, 5.74) is 0.668. The minimum absolute atomic E-state index is 0.155. The van der Waals surface area contributed by atoms with Crippen molar-refractivity contribution in [1.29, 1.82) is 0 Å². The van der Waals surface area contributed by atoms with Gasteiger partial charge in [-0.05, 0) is 53.2 Å². The second kappa shape index (κ2) is 6.73. The fraction of sp³-hybridized carbons (Fsp3) is 0.143. The van der Waals surface area contributed by atoms with Gasteiger partial charge in [0.15, 0.2) is 0 Å². The average molecular weight is 369 g/mol. The third-order valence-electron chi connectivity index (χ3n) is 2.68. The van der Waals surface area contributed by atoms with Crippen LogP contribution in [0, 0.1) is 6.92 Å². The summed E-state index contributed by atoms with van der Waals surface area (Å²) >= 11 is 4.87. The molecule has 0 saturated carbocycles. The normalized spacial score (nSPS) is 10.2. The van der Waals surface area contributed by atoms with Gasteiger partial charge in [0.05, 0.1) is 17.8 Å². The van der Waals surface area contributed by atoms with Crippen molar-refractivity contribution in [3.63, 3.8) is 0 Å². The molecule has 2 aromatic rings. The summed E-state index contributed by atoms with van der Waals surface area (Å²) in [5.74, 6) is -1.01. The highest BCUT2D eigenvalue weighted by atomic mass is 79.9. The van der Waals surface area contributed by atoms with E-state index in [0.717, 1.165) is 4.88 Å². The highest BCUT2D eigenvalue weighted by molar-refractivity contribution is 9.10. The van der Waals surface area contributed by atoms with Gasteiger partial charge in [-0.25, -0.2) is 9.59 Å².